The first-order valence-corrected chi connectivity index (χ1v) is 5.99. The van der Waals surface area contributed by atoms with E-state index in [4.69, 9.17) is 11.6 Å². The Kier molecular flexibility index (Phi) is 3.67. The summed E-state index contributed by atoms with van der Waals surface area (Å²) in [6.45, 7) is 1.83. The summed E-state index contributed by atoms with van der Waals surface area (Å²) < 4.78 is 0. The summed E-state index contributed by atoms with van der Waals surface area (Å²) in [7, 11) is 0. The fraction of sp³-hybridized carbons (Fsp3) is 0.0667. The van der Waals surface area contributed by atoms with Gasteiger partial charge in [-0.1, -0.05) is 48.0 Å². The fourth-order valence-corrected chi connectivity index (χ4v) is 1.93. The van der Waals surface area contributed by atoms with E-state index in [-0.39, 0.29) is 16.9 Å². The maximum absolute atomic E-state index is 12.3. The molecule has 2 aromatic rings. The van der Waals surface area contributed by atoms with E-state index in [9.17, 15) is 14.7 Å². The largest absolute Gasteiger partial charge is 0.545 e. The van der Waals surface area contributed by atoms with E-state index in [2.05, 4.69) is 0 Å². The van der Waals surface area contributed by atoms with Crippen LogP contribution in [0.4, 0.5) is 0 Å². The summed E-state index contributed by atoms with van der Waals surface area (Å²) in [6.07, 6.45) is 0. The minimum absolute atomic E-state index is 0.0995. The topological polar surface area (TPSA) is 57.2 Å². The zero-order valence-corrected chi connectivity index (χ0v) is 10.9. The van der Waals surface area contributed by atoms with Crippen molar-refractivity contribution in [3.05, 3.63) is 69.7 Å². The molecule has 0 heterocycles. The first-order valence-electron chi connectivity index (χ1n) is 5.62. The van der Waals surface area contributed by atoms with Crippen LogP contribution in [-0.4, -0.2) is 11.8 Å². The molecule has 0 saturated carbocycles. The highest BCUT2D eigenvalue weighted by molar-refractivity contribution is 6.32. The Morgan fingerprint density at radius 3 is 2.26 bits per heavy atom. The maximum atomic E-state index is 12.3. The van der Waals surface area contributed by atoms with Crippen LogP contribution in [0.3, 0.4) is 0 Å². The number of benzene rings is 2. The lowest BCUT2D eigenvalue weighted by atomic mass is 9.98. The van der Waals surface area contributed by atoms with E-state index in [1.807, 2.05) is 6.92 Å². The van der Waals surface area contributed by atoms with Crippen molar-refractivity contribution in [2.24, 2.45) is 0 Å². The van der Waals surface area contributed by atoms with Crippen molar-refractivity contribution < 1.29 is 14.7 Å². The van der Waals surface area contributed by atoms with Crippen LogP contribution >= 0.6 is 11.6 Å². The van der Waals surface area contributed by atoms with Gasteiger partial charge in [-0.3, -0.25) is 4.79 Å². The highest BCUT2D eigenvalue weighted by atomic mass is 35.5. The van der Waals surface area contributed by atoms with Crippen molar-refractivity contribution in [2.45, 2.75) is 6.92 Å². The molecule has 0 aliphatic heterocycles. The lowest BCUT2D eigenvalue weighted by molar-refractivity contribution is -0.255. The van der Waals surface area contributed by atoms with Crippen molar-refractivity contribution in [1.29, 1.82) is 0 Å². The summed E-state index contributed by atoms with van der Waals surface area (Å²) in [5.74, 6) is -1.76. The highest BCUT2D eigenvalue weighted by Crippen LogP contribution is 2.20. The zero-order valence-electron chi connectivity index (χ0n) is 10.1. The Hall–Kier alpha value is -2.13. The minimum Gasteiger partial charge on any atom is -0.545 e. The van der Waals surface area contributed by atoms with Gasteiger partial charge in [0.25, 0.3) is 0 Å². The van der Waals surface area contributed by atoms with Gasteiger partial charge in [-0.25, -0.2) is 0 Å². The van der Waals surface area contributed by atoms with E-state index >= 15 is 0 Å². The van der Waals surface area contributed by atoms with Gasteiger partial charge in [-0.2, -0.15) is 0 Å². The number of ketones is 1. The molecule has 0 atom stereocenters. The molecular weight excluding hydrogens is 264 g/mol. The average Bonchev–Trinajstić information content (AvgIpc) is 2.41. The minimum atomic E-state index is -1.37. The van der Waals surface area contributed by atoms with Crippen molar-refractivity contribution >= 4 is 23.4 Å². The molecule has 0 aliphatic carbocycles. The second-order valence-electron chi connectivity index (χ2n) is 4.13. The number of carboxylic acids is 1. The third-order valence-electron chi connectivity index (χ3n) is 2.83. The van der Waals surface area contributed by atoms with Gasteiger partial charge in [0.15, 0.2) is 5.78 Å². The Labute approximate surface area is 115 Å². The predicted molar refractivity (Wildman–Crippen MR) is 70.4 cm³/mol. The standard InChI is InChI=1S/C15H11ClO3/c1-9-6-7-10(8-13(9)16)14(17)11-4-2-3-5-12(11)15(18)19/h2-8H,1H3,(H,18,19)/p-1. The number of aryl methyl sites for hydroxylation is 1. The first-order chi connectivity index (χ1) is 9.00. The highest BCUT2D eigenvalue weighted by Gasteiger charge is 2.14. The molecule has 0 N–H and O–H groups in total. The summed E-state index contributed by atoms with van der Waals surface area (Å²) in [4.78, 5) is 23.3. The summed E-state index contributed by atoms with van der Waals surface area (Å²) in [5, 5.41) is 11.5. The summed E-state index contributed by atoms with van der Waals surface area (Å²) in [6, 6.07) is 10.8. The van der Waals surface area contributed by atoms with Gasteiger partial charge in [0.1, 0.15) is 0 Å². The van der Waals surface area contributed by atoms with Crippen molar-refractivity contribution in [3.8, 4) is 0 Å². The van der Waals surface area contributed by atoms with Gasteiger partial charge in [-0.05, 0) is 18.6 Å². The molecule has 2 aromatic carbocycles. The van der Waals surface area contributed by atoms with Crippen LogP contribution in [0.15, 0.2) is 42.5 Å². The van der Waals surface area contributed by atoms with E-state index in [1.54, 1.807) is 24.3 Å². The quantitative estimate of drug-likeness (QED) is 0.806. The molecule has 3 nitrogen and oxygen atoms in total. The molecule has 0 aliphatic rings. The van der Waals surface area contributed by atoms with Gasteiger partial charge in [0.2, 0.25) is 0 Å². The number of carboxylic acid groups (broad SMARTS) is 1. The fourth-order valence-electron chi connectivity index (χ4n) is 1.75. The molecule has 2 rings (SSSR count). The van der Waals surface area contributed by atoms with Gasteiger partial charge in [0, 0.05) is 21.7 Å². The normalized spacial score (nSPS) is 10.2. The van der Waals surface area contributed by atoms with E-state index in [1.165, 1.54) is 18.2 Å². The number of carbonyl (C=O) groups excluding carboxylic acids is 2. The van der Waals surface area contributed by atoms with Crippen LogP contribution in [0.1, 0.15) is 31.8 Å². The van der Waals surface area contributed by atoms with Crippen LogP contribution in [-0.2, 0) is 0 Å². The first kappa shape index (κ1) is 13.3. The summed E-state index contributed by atoms with van der Waals surface area (Å²) in [5.41, 5.74) is 1.18. The Bertz CT molecular complexity index is 662. The Morgan fingerprint density at radius 2 is 1.68 bits per heavy atom. The van der Waals surface area contributed by atoms with Gasteiger partial charge >= 0.3 is 0 Å². The number of hydrogen-bond acceptors (Lipinski definition) is 3. The molecule has 0 bridgehead atoms. The molecule has 0 radical (unpaired) electrons. The van der Waals surface area contributed by atoms with E-state index in [0.29, 0.717) is 10.6 Å². The van der Waals surface area contributed by atoms with Crippen LogP contribution in [0.5, 0.6) is 0 Å². The second-order valence-corrected chi connectivity index (χ2v) is 4.53. The van der Waals surface area contributed by atoms with Crippen LogP contribution in [0.25, 0.3) is 0 Å². The molecule has 0 amide bonds. The second kappa shape index (κ2) is 5.24. The van der Waals surface area contributed by atoms with E-state index in [0.717, 1.165) is 5.56 Å². The monoisotopic (exact) mass is 273 g/mol. The smallest absolute Gasteiger partial charge is 0.193 e. The molecule has 96 valence electrons. The number of rotatable bonds is 3. The lowest BCUT2D eigenvalue weighted by Gasteiger charge is -2.09. The Morgan fingerprint density at radius 1 is 1.05 bits per heavy atom. The SMILES string of the molecule is Cc1ccc(C(=O)c2ccccc2C(=O)[O-])cc1Cl. The van der Waals surface area contributed by atoms with E-state index < -0.39 is 5.97 Å². The van der Waals surface area contributed by atoms with Crippen molar-refractivity contribution in [3.63, 3.8) is 0 Å². The van der Waals surface area contributed by atoms with Gasteiger partial charge in [0.05, 0.1) is 5.97 Å². The third-order valence-corrected chi connectivity index (χ3v) is 3.23. The zero-order chi connectivity index (χ0) is 14.0. The molecule has 0 spiro atoms. The van der Waals surface area contributed by atoms with Gasteiger partial charge < -0.3 is 9.90 Å². The Balaban J connectivity index is 2.50. The third kappa shape index (κ3) is 2.66. The number of hydrogen-bond donors (Lipinski definition) is 0. The van der Waals surface area contributed by atoms with Crippen LogP contribution in [0.2, 0.25) is 5.02 Å². The van der Waals surface area contributed by atoms with Crippen molar-refractivity contribution in [1.82, 2.24) is 0 Å². The van der Waals surface area contributed by atoms with Gasteiger partial charge in [-0.15, -0.1) is 0 Å². The molecule has 4 heteroatoms. The molecule has 19 heavy (non-hydrogen) atoms. The molecule has 0 fully saturated rings. The molecular formula is C15H10ClO3-. The summed E-state index contributed by atoms with van der Waals surface area (Å²) >= 11 is 5.97. The van der Waals surface area contributed by atoms with Crippen LogP contribution in [0, 0.1) is 6.92 Å². The average molecular weight is 274 g/mol. The maximum Gasteiger partial charge on any atom is 0.193 e. The number of halogens is 1. The lowest BCUT2D eigenvalue weighted by Crippen LogP contribution is -2.25. The molecule has 0 unspecified atom stereocenters. The molecule has 0 saturated heterocycles. The van der Waals surface area contributed by atoms with Crippen LogP contribution < -0.4 is 5.11 Å². The molecule has 0 aromatic heterocycles. The number of carbonyl (C=O) groups is 2. The number of aromatic carboxylic acids is 1. The van der Waals surface area contributed by atoms with Crippen molar-refractivity contribution in [2.75, 3.05) is 0 Å². The predicted octanol–water partition coefficient (Wildman–Crippen LogP) is 2.24.